The van der Waals surface area contributed by atoms with Crippen molar-refractivity contribution >= 4 is 11.6 Å². The molecule has 1 heterocycles. The SMILES string of the molecule is COc1ccccc1-c1nn(Cc2ccccc2)cc1C(=O)Nc1ccccc1F. The number of nitrogens with one attached hydrogen (secondary N) is 1. The van der Waals surface area contributed by atoms with Crippen LogP contribution in [-0.2, 0) is 6.54 Å². The van der Waals surface area contributed by atoms with Gasteiger partial charge < -0.3 is 10.1 Å². The molecule has 0 radical (unpaired) electrons. The number of hydrogen-bond acceptors (Lipinski definition) is 3. The first-order valence-electron chi connectivity index (χ1n) is 9.46. The molecule has 0 fully saturated rings. The van der Waals surface area contributed by atoms with Crippen LogP contribution in [0.15, 0.2) is 85.1 Å². The third kappa shape index (κ3) is 4.07. The van der Waals surface area contributed by atoms with Gasteiger partial charge in [0.1, 0.15) is 17.3 Å². The zero-order valence-electron chi connectivity index (χ0n) is 16.4. The van der Waals surface area contributed by atoms with Crippen molar-refractivity contribution in [3.05, 3.63) is 102 Å². The number of carbonyl (C=O) groups excluding carboxylic acids is 1. The second kappa shape index (κ2) is 8.61. The zero-order chi connectivity index (χ0) is 20.9. The second-order valence-corrected chi connectivity index (χ2v) is 6.71. The molecule has 0 saturated carbocycles. The van der Waals surface area contributed by atoms with Gasteiger partial charge in [0.25, 0.3) is 5.91 Å². The maximum absolute atomic E-state index is 14.0. The molecule has 0 unspecified atom stereocenters. The highest BCUT2D eigenvalue weighted by atomic mass is 19.1. The van der Waals surface area contributed by atoms with Crippen LogP contribution in [0.2, 0.25) is 0 Å². The highest BCUT2D eigenvalue weighted by Crippen LogP contribution is 2.31. The molecule has 1 aromatic heterocycles. The van der Waals surface area contributed by atoms with Crippen LogP contribution in [-0.4, -0.2) is 22.8 Å². The zero-order valence-corrected chi connectivity index (χ0v) is 16.4. The summed E-state index contributed by atoms with van der Waals surface area (Å²) >= 11 is 0. The van der Waals surface area contributed by atoms with Gasteiger partial charge in [-0.05, 0) is 29.8 Å². The largest absolute Gasteiger partial charge is 0.496 e. The minimum absolute atomic E-state index is 0.115. The van der Waals surface area contributed by atoms with Crippen LogP contribution < -0.4 is 10.1 Å². The van der Waals surface area contributed by atoms with Gasteiger partial charge >= 0.3 is 0 Å². The fourth-order valence-electron chi connectivity index (χ4n) is 3.23. The highest BCUT2D eigenvalue weighted by Gasteiger charge is 2.21. The summed E-state index contributed by atoms with van der Waals surface area (Å²) in [6.45, 7) is 0.496. The predicted molar refractivity (Wildman–Crippen MR) is 114 cm³/mol. The molecule has 1 N–H and O–H groups in total. The highest BCUT2D eigenvalue weighted by molar-refractivity contribution is 6.08. The third-order valence-corrected chi connectivity index (χ3v) is 4.68. The van der Waals surface area contributed by atoms with Gasteiger partial charge in [0.2, 0.25) is 0 Å². The van der Waals surface area contributed by atoms with Crippen molar-refractivity contribution in [3.63, 3.8) is 0 Å². The number of anilines is 1. The molecule has 6 heteroatoms. The Kier molecular flexibility index (Phi) is 5.57. The van der Waals surface area contributed by atoms with E-state index in [1.807, 2.05) is 54.6 Å². The van der Waals surface area contributed by atoms with E-state index in [1.165, 1.54) is 12.1 Å². The van der Waals surface area contributed by atoms with Gasteiger partial charge in [-0.25, -0.2) is 4.39 Å². The van der Waals surface area contributed by atoms with Gasteiger partial charge in [0, 0.05) is 11.8 Å². The molecule has 5 nitrogen and oxygen atoms in total. The van der Waals surface area contributed by atoms with Gasteiger partial charge in [-0.15, -0.1) is 0 Å². The summed E-state index contributed by atoms with van der Waals surface area (Å²) in [6, 6.07) is 23.2. The van der Waals surface area contributed by atoms with E-state index in [1.54, 1.807) is 30.1 Å². The third-order valence-electron chi connectivity index (χ3n) is 4.68. The van der Waals surface area contributed by atoms with Gasteiger partial charge in [-0.3, -0.25) is 9.48 Å². The van der Waals surface area contributed by atoms with Gasteiger partial charge in [0.05, 0.1) is 24.9 Å². The van der Waals surface area contributed by atoms with E-state index < -0.39 is 11.7 Å². The quantitative estimate of drug-likeness (QED) is 0.495. The standard InChI is InChI=1S/C24H20FN3O2/c1-30-22-14-8-5-11-18(22)23-19(24(29)26-21-13-7-6-12-20(21)25)16-28(27-23)15-17-9-3-2-4-10-17/h2-14,16H,15H2,1H3,(H,26,29). The van der Waals surface area contributed by atoms with Crippen molar-refractivity contribution in [1.29, 1.82) is 0 Å². The molecule has 30 heavy (non-hydrogen) atoms. The molecule has 4 rings (SSSR count). The van der Waals surface area contributed by atoms with E-state index in [0.717, 1.165) is 5.56 Å². The number of rotatable bonds is 6. The Morgan fingerprint density at radius 1 is 1.00 bits per heavy atom. The Morgan fingerprint density at radius 2 is 1.70 bits per heavy atom. The molecule has 0 bridgehead atoms. The lowest BCUT2D eigenvalue weighted by Crippen LogP contribution is -2.13. The number of halogens is 1. The number of aromatic nitrogens is 2. The first-order valence-corrected chi connectivity index (χ1v) is 9.46. The van der Waals surface area contributed by atoms with Crippen LogP contribution >= 0.6 is 0 Å². The lowest BCUT2D eigenvalue weighted by Gasteiger charge is -2.09. The normalized spacial score (nSPS) is 10.6. The molecule has 1 amide bonds. The van der Waals surface area contributed by atoms with Crippen molar-refractivity contribution in [1.82, 2.24) is 9.78 Å². The maximum Gasteiger partial charge on any atom is 0.259 e. The smallest absolute Gasteiger partial charge is 0.259 e. The average molecular weight is 401 g/mol. The Hall–Kier alpha value is -3.93. The minimum Gasteiger partial charge on any atom is -0.496 e. The minimum atomic E-state index is -0.499. The van der Waals surface area contributed by atoms with Crippen molar-refractivity contribution in [2.45, 2.75) is 6.54 Å². The lowest BCUT2D eigenvalue weighted by atomic mass is 10.1. The fourth-order valence-corrected chi connectivity index (χ4v) is 3.23. The number of para-hydroxylation sites is 2. The molecule has 0 atom stereocenters. The van der Waals surface area contributed by atoms with Gasteiger partial charge in [0.15, 0.2) is 0 Å². The predicted octanol–water partition coefficient (Wildman–Crippen LogP) is 5.00. The second-order valence-electron chi connectivity index (χ2n) is 6.71. The van der Waals surface area contributed by atoms with Gasteiger partial charge in [-0.2, -0.15) is 5.10 Å². The lowest BCUT2D eigenvalue weighted by molar-refractivity contribution is 0.102. The Morgan fingerprint density at radius 3 is 2.47 bits per heavy atom. The molecule has 150 valence electrons. The number of carbonyl (C=O) groups is 1. The monoisotopic (exact) mass is 401 g/mol. The van der Waals surface area contributed by atoms with Crippen molar-refractivity contribution in [3.8, 4) is 17.0 Å². The molecule has 0 spiro atoms. The van der Waals surface area contributed by atoms with E-state index >= 15 is 0 Å². The molecule has 0 aliphatic heterocycles. The summed E-state index contributed by atoms with van der Waals surface area (Å²) in [5, 5.41) is 7.29. The number of benzene rings is 3. The van der Waals surface area contributed by atoms with E-state index in [9.17, 15) is 9.18 Å². The summed E-state index contributed by atoms with van der Waals surface area (Å²) < 4.78 is 21.2. The van der Waals surface area contributed by atoms with E-state index in [4.69, 9.17) is 4.74 Å². The fraction of sp³-hybridized carbons (Fsp3) is 0.0833. The number of hydrogen-bond donors (Lipinski definition) is 1. The van der Waals surface area contributed by atoms with Crippen molar-refractivity contribution in [2.24, 2.45) is 0 Å². The summed E-state index contributed by atoms with van der Waals surface area (Å²) in [5.41, 5.74) is 2.65. The maximum atomic E-state index is 14.0. The van der Waals surface area contributed by atoms with Crippen LogP contribution in [0.5, 0.6) is 5.75 Å². The van der Waals surface area contributed by atoms with Crippen LogP contribution in [0.1, 0.15) is 15.9 Å². The van der Waals surface area contributed by atoms with E-state index in [-0.39, 0.29) is 5.69 Å². The molecule has 0 aliphatic rings. The summed E-state index contributed by atoms with van der Waals surface area (Å²) in [6.07, 6.45) is 1.67. The van der Waals surface area contributed by atoms with Crippen LogP contribution in [0.3, 0.4) is 0 Å². The summed E-state index contributed by atoms with van der Waals surface area (Å²) in [7, 11) is 1.57. The average Bonchev–Trinajstić information content (AvgIpc) is 3.19. The molecule has 3 aromatic carbocycles. The molecular formula is C24H20FN3O2. The van der Waals surface area contributed by atoms with Crippen molar-refractivity contribution < 1.29 is 13.9 Å². The first-order chi connectivity index (χ1) is 14.7. The number of amides is 1. The number of nitrogens with zero attached hydrogens (tertiary/aromatic N) is 2. The summed E-state index contributed by atoms with van der Waals surface area (Å²) in [5.74, 6) is -0.343. The number of ether oxygens (including phenoxy) is 1. The molecular weight excluding hydrogens is 381 g/mol. The first kappa shape index (κ1) is 19.4. The summed E-state index contributed by atoms with van der Waals surface area (Å²) in [4.78, 5) is 13.1. The van der Waals surface area contributed by atoms with Crippen LogP contribution in [0, 0.1) is 5.82 Å². The van der Waals surface area contributed by atoms with Crippen LogP contribution in [0.4, 0.5) is 10.1 Å². The Labute approximate surface area is 173 Å². The molecule has 4 aromatic rings. The van der Waals surface area contributed by atoms with Gasteiger partial charge in [-0.1, -0.05) is 54.6 Å². The Bertz CT molecular complexity index is 1170. The van der Waals surface area contributed by atoms with E-state index in [0.29, 0.717) is 29.1 Å². The molecule has 0 saturated heterocycles. The van der Waals surface area contributed by atoms with E-state index in [2.05, 4.69) is 10.4 Å². The Balaban J connectivity index is 1.75. The topological polar surface area (TPSA) is 56.2 Å². The molecule has 0 aliphatic carbocycles. The van der Waals surface area contributed by atoms with Crippen molar-refractivity contribution in [2.75, 3.05) is 12.4 Å². The number of methoxy groups -OCH3 is 1. The van der Waals surface area contributed by atoms with Crippen LogP contribution in [0.25, 0.3) is 11.3 Å².